The maximum absolute atomic E-state index is 12.1. The highest BCUT2D eigenvalue weighted by Gasteiger charge is 2.30. The van der Waals surface area contributed by atoms with E-state index in [1.165, 1.54) is 17.4 Å². The molecule has 3 aliphatic rings. The Kier molecular flexibility index (Phi) is 6.51. The third kappa shape index (κ3) is 4.78. The van der Waals surface area contributed by atoms with Crippen molar-refractivity contribution in [3.05, 3.63) is 94.1 Å². The lowest BCUT2D eigenvalue weighted by Crippen LogP contribution is -2.38. The molecule has 0 bridgehead atoms. The summed E-state index contributed by atoms with van der Waals surface area (Å²) in [5.74, 6) is 0.227. The molecule has 2 aliphatic heterocycles. The van der Waals surface area contributed by atoms with Crippen molar-refractivity contribution in [3.8, 4) is 0 Å². The van der Waals surface area contributed by atoms with E-state index in [2.05, 4.69) is 33.8 Å². The quantitative estimate of drug-likeness (QED) is 0.522. The molecule has 34 heavy (non-hydrogen) atoms. The van der Waals surface area contributed by atoms with Gasteiger partial charge in [-0.1, -0.05) is 41.5 Å². The second-order valence-corrected chi connectivity index (χ2v) is 11.5. The minimum absolute atomic E-state index is 0.227. The predicted molar refractivity (Wildman–Crippen MR) is 138 cm³/mol. The molecule has 5 rings (SSSR count). The van der Waals surface area contributed by atoms with Gasteiger partial charge in [0.15, 0.2) is 0 Å². The van der Waals surface area contributed by atoms with Gasteiger partial charge in [-0.05, 0) is 66.0 Å². The Labute approximate surface area is 206 Å². The van der Waals surface area contributed by atoms with Gasteiger partial charge < -0.3 is 9.88 Å². The molecule has 1 saturated heterocycles. The van der Waals surface area contributed by atoms with Crippen molar-refractivity contribution < 1.29 is 8.42 Å². The summed E-state index contributed by atoms with van der Waals surface area (Å²) in [5.41, 5.74) is 6.86. The number of aromatic nitrogens is 2. The number of rotatable bonds is 6. The normalized spacial score (nSPS) is 19.1. The Morgan fingerprint density at radius 1 is 1.21 bits per heavy atom. The first-order valence-corrected chi connectivity index (χ1v) is 13.9. The smallest absolute Gasteiger partial charge is 0.211 e. The summed E-state index contributed by atoms with van der Waals surface area (Å²) in [4.78, 5) is 4.14. The summed E-state index contributed by atoms with van der Waals surface area (Å²) in [6.45, 7) is 1.96. The number of nitrogens with zero attached hydrogens (tertiary/aromatic N) is 4. The number of halogens is 1. The molecular formula is C26H28ClN4O2S-. The Balaban J connectivity index is 1.51. The third-order valence-corrected chi connectivity index (χ3v) is 8.33. The summed E-state index contributed by atoms with van der Waals surface area (Å²) in [7, 11) is -3.18. The fourth-order valence-electron chi connectivity index (χ4n) is 5.14. The van der Waals surface area contributed by atoms with Crippen LogP contribution in [0, 0.1) is 5.92 Å². The van der Waals surface area contributed by atoms with Crippen molar-refractivity contribution in [1.82, 2.24) is 13.9 Å². The molecule has 0 N–H and O–H groups in total. The van der Waals surface area contributed by atoms with E-state index in [0.717, 1.165) is 54.6 Å². The number of sulfonamides is 1. The molecule has 1 aromatic carbocycles. The molecule has 2 aromatic rings. The largest absolute Gasteiger partial charge is 0.663 e. The van der Waals surface area contributed by atoms with Crippen molar-refractivity contribution in [2.24, 2.45) is 5.92 Å². The summed E-state index contributed by atoms with van der Waals surface area (Å²) in [6.07, 6.45) is 18.6. The van der Waals surface area contributed by atoms with Gasteiger partial charge in [-0.15, -0.1) is 5.70 Å². The van der Waals surface area contributed by atoms with E-state index >= 15 is 0 Å². The molecule has 3 heterocycles. The zero-order chi connectivity index (χ0) is 23.7. The topological polar surface area (TPSA) is 69.3 Å². The summed E-state index contributed by atoms with van der Waals surface area (Å²) >= 11 is 6.49. The highest BCUT2D eigenvalue weighted by Crippen LogP contribution is 2.46. The SMILES string of the molecule is CS(=O)(=O)N1CCC(C2=C3[N-]C=CC=C3C=C(CCCn3ccnc3)c3cc(Cl)ccc32)CC1. The molecule has 0 amide bonds. The van der Waals surface area contributed by atoms with Crippen LogP contribution in [0.3, 0.4) is 0 Å². The van der Waals surface area contributed by atoms with Gasteiger partial charge in [-0.25, -0.2) is 17.7 Å². The molecule has 0 spiro atoms. The van der Waals surface area contributed by atoms with E-state index in [9.17, 15) is 8.42 Å². The van der Waals surface area contributed by atoms with Crippen LogP contribution in [-0.4, -0.2) is 41.6 Å². The highest BCUT2D eigenvalue weighted by atomic mass is 35.5. The monoisotopic (exact) mass is 495 g/mol. The standard InChI is InChI=1S/C26H28ClN4O2S/c1-34(32,33)31-13-8-19(9-14-31)25-23-7-6-22(27)17-24(23)20(5-3-12-30-15-11-28-18-30)16-21-4-2-10-29-26(21)25/h2,4,6-7,10-11,15-19H,3,5,8-9,12-14H2,1H3/q-1. The maximum Gasteiger partial charge on any atom is 0.211 e. The van der Waals surface area contributed by atoms with Crippen molar-refractivity contribution >= 4 is 32.8 Å². The number of hydrogen-bond acceptors (Lipinski definition) is 3. The maximum atomic E-state index is 12.1. The molecule has 1 aliphatic carbocycles. The zero-order valence-corrected chi connectivity index (χ0v) is 20.8. The molecule has 6 nitrogen and oxygen atoms in total. The Morgan fingerprint density at radius 2 is 2.03 bits per heavy atom. The van der Waals surface area contributed by atoms with E-state index < -0.39 is 10.0 Å². The van der Waals surface area contributed by atoms with Crippen LogP contribution in [0.25, 0.3) is 16.5 Å². The average Bonchev–Trinajstić information content (AvgIpc) is 3.29. The molecule has 0 radical (unpaired) electrons. The van der Waals surface area contributed by atoms with Crippen LogP contribution in [0.1, 0.15) is 36.8 Å². The Morgan fingerprint density at radius 3 is 2.76 bits per heavy atom. The van der Waals surface area contributed by atoms with E-state index in [-0.39, 0.29) is 5.92 Å². The summed E-state index contributed by atoms with van der Waals surface area (Å²) < 4.78 is 27.8. The number of benzene rings is 1. The first-order chi connectivity index (χ1) is 16.4. The van der Waals surface area contributed by atoms with Crippen LogP contribution >= 0.6 is 11.6 Å². The number of aryl methyl sites for hydroxylation is 1. The van der Waals surface area contributed by atoms with Gasteiger partial charge in [0.05, 0.1) is 12.6 Å². The predicted octanol–water partition coefficient (Wildman–Crippen LogP) is 5.62. The van der Waals surface area contributed by atoms with Crippen molar-refractivity contribution in [3.63, 3.8) is 0 Å². The van der Waals surface area contributed by atoms with Crippen LogP contribution in [0.5, 0.6) is 0 Å². The van der Waals surface area contributed by atoms with Crippen LogP contribution in [0.4, 0.5) is 0 Å². The highest BCUT2D eigenvalue weighted by molar-refractivity contribution is 7.88. The Hall–Kier alpha value is -2.61. The van der Waals surface area contributed by atoms with Gasteiger partial charge in [0.1, 0.15) is 0 Å². The lowest BCUT2D eigenvalue weighted by molar-refractivity contribution is 0.312. The second kappa shape index (κ2) is 9.56. The molecule has 8 heteroatoms. The Bertz CT molecular complexity index is 1300. The fourth-order valence-corrected chi connectivity index (χ4v) is 6.18. The van der Waals surface area contributed by atoms with E-state index in [1.807, 2.05) is 30.9 Å². The van der Waals surface area contributed by atoms with E-state index in [0.29, 0.717) is 18.1 Å². The first-order valence-electron chi connectivity index (χ1n) is 11.6. The molecular weight excluding hydrogens is 468 g/mol. The van der Waals surface area contributed by atoms with Crippen LogP contribution in [0.15, 0.2) is 72.6 Å². The minimum Gasteiger partial charge on any atom is -0.663 e. The second-order valence-electron chi connectivity index (χ2n) is 9.05. The van der Waals surface area contributed by atoms with Crippen molar-refractivity contribution in [2.45, 2.75) is 32.2 Å². The van der Waals surface area contributed by atoms with Crippen molar-refractivity contribution in [1.29, 1.82) is 0 Å². The lowest BCUT2D eigenvalue weighted by atomic mass is 9.81. The molecule has 0 atom stereocenters. The molecule has 0 unspecified atom stereocenters. The van der Waals surface area contributed by atoms with Gasteiger partial charge in [-0.2, -0.15) is 6.20 Å². The van der Waals surface area contributed by atoms with Gasteiger partial charge in [-0.3, -0.25) is 0 Å². The number of piperidine rings is 1. The molecule has 0 saturated carbocycles. The summed E-state index contributed by atoms with van der Waals surface area (Å²) in [5, 5.41) is 5.53. The zero-order valence-electron chi connectivity index (χ0n) is 19.2. The molecule has 1 fully saturated rings. The minimum atomic E-state index is -3.18. The van der Waals surface area contributed by atoms with E-state index in [4.69, 9.17) is 16.9 Å². The van der Waals surface area contributed by atoms with Gasteiger partial charge >= 0.3 is 0 Å². The fraction of sp³-hybridized carbons (Fsp3) is 0.346. The van der Waals surface area contributed by atoms with Gasteiger partial charge in [0.2, 0.25) is 10.0 Å². The first kappa shape index (κ1) is 23.1. The van der Waals surface area contributed by atoms with Crippen LogP contribution in [-0.2, 0) is 16.6 Å². The molecule has 1 aromatic heterocycles. The van der Waals surface area contributed by atoms with Gasteiger partial charge in [0.25, 0.3) is 0 Å². The number of hydrogen-bond donors (Lipinski definition) is 0. The average molecular weight is 496 g/mol. The third-order valence-electron chi connectivity index (χ3n) is 6.79. The van der Waals surface area contributed by atoms with Gasteiger partial charge in [0, 0.05) is 37.1 Å². The number of fused-ring (bicyclic) bond motifs is 2. The summed E-state index contributed by atoms with van der Waals surface area (Å²) in [6, 6.07) is 6.13. The van der Waals surface area contributed by atoms with Crippen LogP contribution < -0.4 is 0 Å². The van der Waals surface area contributed by atoms with Crippen molar-refractivity contribution in [2.75, 3.05) is 19.3 Å². The molecule has 178 valence electrons. The number of imidazole rings is 1. The van der Waals surface area contributed by atoms with E-state index in [1.54, 1.807) is 10.5 Å². The number of allylic oxidation sites excluding steroid dienone is 5. The van der Waals surface area contributed by atoms with Crippen LogP contribution in [0.2, 0.25) is 5.02 Å². The lowest BCUT2D eigenvalue weighted by Gasteiger charge is -2.37.